The minimum absolute atomic E-state index is 0. The second-order valence-corrected chi connectivity index (χ2v) is 4.16. The van der Waals surface area contributed by atoms with Crippen LogP contribution < -0.4 is 11.0 Å². The molecule has 1 fully saturated rings. The first-order valence-corrected chi connectivity index (χ1v) is 5.62. The number of H-pyrrole nitrogens is 1. The summed E-state index contributed by atoms with van der Waals surface area (Å²) < 4.78 is 1.80. The lowest BCUT2D eigenvalue weighted by molar-refractivity contribution is 0.367. The van der Waals surface area contributed by atoms with Gasteiger partial charge in [-0.3, -0.25) is 4.57 Å². The minimum Gasteiger partial charge on any atom is -0.317 e. The highest BCUT2D eigenvalue weighted by molar-refractivity contribution is 5.85. The Hall–Kier alpha value is -1.04. The van der Waals surface area contributed by atoms with Crippen LogP contribution in [0.25, 0.3) is 11.2 Å². The summed E-state index contributed by atoms with van der Waals surface area (Å²) in [5, 5.41) is 3.30. The van der Waals surface area contributed by atoms with Crippen molar-refractivity contribution in [3.05, 3.63) is 28.8 Å². The minimum atomic E-state index is -0.0411. The third-order valence-corrected chi connectivity index (χ3v) is 3.15. The number of aromatic amines is 1. The number of hydrogen-bond donors (Lipinski definition) is 2. The molecule has 100 valence electrons. The van der Waals surface area contributed by atoms with E-state index in [4.69, 9.17) is 0 Å². The van der Waals surface area contributed by atoms with E-state index in [1.165, 1.54) is 0 Å². The van der Waals surface area contributed by atoms with Gasteiger partial charge < -0.3 is 10.3 Å². The number of aromatic nitrogens is 3. The largest absolute Gasteiger partial charge is 0.327 e. The Balaban J connectivity index is 0.000000810. The number of nitrogens with one attached hydrogen (secondary N) is 2. The van der Waals surface area contributed by atoms with Crippen molar-refractivity contribution in [1.82, 2.24) is 19.9 Å². The van der Waals surface area contributed by atoms with Gasteiger partial charge in [-0.2, -0.15) is 0 Å². The number of nitrogens with zero attached hydrogens (tertiary/aromatic N) is 2. The molecule has 1 saturated heterocycles. The Morgan fingerprint density at radius 1 is 1.28 bits per heavy atom. The molecule has 0 saturated carbocycles. The maximum Gasteiger partial charge on any atom is 0.327 e. The van der Waals surface area contributed by atoms with Crippen LogP contribution in [0, 0.1) is 0 Å². The van der Waals surface area contributed by atoms with Gasteiger partial charge in [0.05, 0.1) is 5.52 Å². The molecule has 0 amide bonds. The van der Waals surface area contributed by atoms with E-state index in [0.717, 1.165) is 37.1 Å². The van der Waals surface area contributed by atoms with Gasteiger partial charge in [-0.05, 0) is 38.1 Å². The number of fused-ring (bicyclic) bond motifs is 1. The molecule has 3 rings (SSSR count). The maximum absolute atomic E-state index is 11.9. The molecule has 0 radical (unpaired) electrons. The van der Waals surface area contributed by atoms with Gasteiger partial charge in [0, 0.05) is 12.2 Å². The molecule has 0 aliphatic carbocycles. The second-order valence-electron chi connectivity index (χ2n) is 4.16. The maximum atomic E-state index is 11.9. The van der Waals surface area contributed by atoms with Crippen molar-refractivity contribution < 1.29 is 0 Å². The molecule has 2 aromatic heterocycles. The van der Waals surface area contributed by atoms with Crippen molar-refractivity contribution in [2.24, 2.45) is 0 Å². The van der Waals surface area contributed by atoms with Crippen LogP contribution in [0.1, 0.15) is 18.9 Å². The fourth-order valence-corrected chi connectivity index (χ4v) is 2.36. The van der Waals surface area contributed by atoms with Gasteiger partial charge in [0.1, 0.15) is 0 Å². The number of imidazole rings is 1. The molecule has 2 aromatic rings. The summed E-state index contributed by atoms with van der Waals surface area (Å²) in [5.74, 6) is 0. The molecule has 1 aliphatic rings. The molecule has 1 aliphatic heterocycles. The summed E-state index contributed by atoms with van der Waals surface area (Å²) in [6.07, 6.45) is 3.71. The van der Waals surface area contributed by atoms with Crippen LogP contribution in [0.3, 0.4) is 0 Å². The van der Waals surface area contributed by atoms with Crippen LogP contribution in [0.5, 0.6) is 0 Å². The van der Waals surface area contributed by atoms with Crippen molar-refractivity contribution in [2.45, 2.75) is 18.9 Å². The van der Waals surface area contributed by atoms with Crippen LogP contribution in [0.4, 0.5) is 0 Å². The Morgan fingerprint density at radius 3 is 2.72 bits per heavy atom. The van der Waals surface area contributed by atoms with Gasteiger partial charge in [0.2, 0.25) is 0 Å². The van der Waals surface area contributed by atoms with E-state index in [-0.39, 0.29) is 36.5 Å². The van der Waals surface area contributed by atoms with E-state index in [0.29, 0.717) is 0 Å². The number of rotatable bonds is 1. The SMILES string of the molecule is Cl.Cl.O=c1[nH]c2cccnc2n1C1CCNCC1. The lowest BCUT2D eigenvalue weighted by atomic mass is 10.1. The predicted molar refractivity (Wildman–Crippen MR) is 76.0 cm³/mol. The standard InChI is InChI=1S/C11H14N4O.2ClH/c16-11-14-9-2-1-5-13-10(9)15(11)8-3-6-12-7-4-8;;/h1-2,5,8,12H,3-4,6-7H2,(H,14,16);2*1H. The van der Waals surface area contributed by atoms with Crippen molar-refractivity contribution in [1.29, 1.82) is 0 Å². The van der Waals surface area contributed by atoms with Gasteiger partial charge in [-0.15, -0.1) is 24.8 Å². The molecule has 0 atom stereocenters. The smallest absolute Gasteiger partial charge is 0.317 e. The molecule has 0 unspecified atom stereocenters. The first-order chi connectivity index (χ1) is 7.86. The lowest BCUT2D eigenvalue weighted by Gasteiger charge is -2.23. The molecular weight excluding hydrogens is 275 g/mol. The highest BCUT2D eigenvalue weighted by Crippen LogP contribution is 2.20. The molecule has 2 N–H and O–H groups in total. The second kappa shape index (κ2) is 6.22. The Morgan fingerprint density at radius 2 is 2.00 bits per heavy atom. The van der Waals surface area contributed by atoms with E-state index in [2.05, 4.69) is 15.3 Å². The van der Waals surface area contributed by atoms with Crippen molar-refractivity contribution in [2.75, 3.05) is 13.1 Å². The van der Waals surface area contributed by atoms with Gasteiger partial charge >= 0.3 is 5.69 Å². The monoisotopic (exact) mass is 290 g/mol. The number of pyridine rings is 1. The summed E-state index contributed by atoms with van der Waals surface area (Å²) in [6, 6.07) is 4.00. The average Bonchev–Trinajstić information content (AvgIpc) is 2.66. The fraction of sp³-hybridized carbons (Fsp3) is 0.455. The number of hydrogen-bond acceptors (Lipinski definition) is 3. The summed E-state index contributed by atoms with van der Waals surface area (Å²) in [6.45, 7) is 1.94. The van der Waals surface area contributed by atoms with Gasteiger partial charge in [0.25, 0.3) is 0 Å². The third kappa shape index (κ3) is 2.53. The first-order valence-electron chi connectivity index (χ1n) is 5.62. The van der Waals surface area contributed by atoms with E-state index in [1.807, 2.05) is 12.1 Å². The zero-order chi connectivity index (χ0) is 11.0. The fourth-order valence-electron chi connectivity index (χ4n) is 2.36. The quantitative estimate of drug-likeness (QED) is 0.837. The summed E-state index contributed by atoms with van der Waals surface area (Å²) in [5.41, 5.74) is 1.56. The van der Waals surface area contributed by atoms with Crippen LogP contribution in [-0.4, -0.2) is 27.6 Å². The summed E-state index contributed by atoms with van der Waals surface area (Å²) >= 11 is 0. The zero-order valence-corrected chi connectivity index (χ0v) is 11.4. The third-order valence-electron chi connectivity index (χ3n) is 3.15. The van der Waals surface area contributed by atoms with E-state index >= 15 is 0 Å². The lowest BCUT2D eigenvalue weighted by Crippen LogP contribution is -2.33. The Labute approximate surface area is 117 Å². The predicted octanol–water partition coefficient (Wildman–Crippen LogP) is 1.49. The highest BCUT2D eigenvalue weighted by Gasteiger charge is 2.19. The van der Waals surface area contributed by atoms with Crippen molar-refractivity contribution in [3.8, 4) is 0 Å². The van der Waals surface area contributed by atoms with E-state index in [1.54, 1.807) is 10.8 Å². The number of piperidine rings is 1. The molecule has 7 heteroatoms. The van der Waals surface area contributed by atoms with Crippen LogP contribution in [0.15, 0.2) is 23.1 Å². The molecular formula is C11H16Cl2N4O. The highest BCUT2D eigenvalue weighted by atomic mass is 35.5. The molecule has 5 nitrogen and oxygen atoms in total. The number of halogens is 2. The topological polar surface area (TPSA) is 62.7 Å². The van der Waals surface area contributed by atoms with Crippen LogP contribution in [0.2, 0.25) is 0 Å². The Kier molecular flexibility index (Phi) is 5.19. The zero-order valence-electron chi connectivity index (χ0n) is 9.76. The normalized spacial score (nSPS) is 16.0. The van der Waals surface area contributed by atoms with Crippen molar-refractivity contribution in [3.63, 3.8) is 0 Å². The van der Waals surface area contributed by atoms with Crippen molar-refractivity contribution >= 4 is 36.0 Å². The van der Waals surface area contributed by atoms with Gasteiger partial charge in [-0.1, -0.05) is 0 Å². The summed E-state index contributed by atoms with van der Waals surface area (Å²) in [7, 11) is 0. The van der Waals surface area contributed by atoms with Gasteiger partial charge in [0.15, 0.2) is 5.65 Å². The van der Waals surface area contributed by atoms with E-state index in [9.17, 15) is 4.79 Å². The molecule has 0 spiro atoms. The average molecular weight is 291 g/mol. The van der Waals surface area contributed by atoms with Gasteiger partial charge in [-0.25, -0.2) is 9.78 Å². The molecule has 0 aromatic carbocycles. The van der Waals surface area contributed by atoms with Crippen LogP contribution >= 0.6 is 24.8 Å². The van der Waals surface area contributed by atoms with E-state index < -0.39 is 0 Å². The Bertz CT molecular complexity index is 559. The molecule has 18 heavy (non-hydrogen) atoms. The molecule has 0 bridgehead atoms. The molecule has 3 heterocycles. The summed E-state index contributed by atoms with van der Waals surface area (Å²) in [4.78, 5) is 19.0. The van der Waals surface area contributed by atoms with Crippen LogP contribution in [-0.2, 0) is 0 Å². The first kappa shape index (κ1) is 15.0.